The molecule has 1 amide bonds. The lowest BCUT2D eigenvalue weighted by Crippen LogP contribution is -2.43. The number of thiazole rings is 1. The zero-order chi connectivity index (χ0) is 21.1. The highest BCUT2D eigenvalue weighted by Gasteiger charge is 2.24. The molecule has 2 heterocycles. The molecule has 1 aliphatic rings. The van der Waals surface area contributed by atoms with Crippen molar-refractivity contribution >= 4 is 56.6 Å². The van der Waals surface area contributed by atoms with E-state index in [4.69, 9.17) is 26.1 Å². The van der Waals surface area contributed by atoms with Crippen molar-refractivity contribution in [1.29, 1.82) is 0 Å². The summed E-state index contributed by atoms with van der Waals surface area (Å²) in [6.07, 6.45) is 0. The van der Waals surface area contributed by atoms with Crippen molar-refractivity contribution in [3.05, 3.63) is 52.5 Å². The summed E-state index contributed by atoms with van der Waals surface area (Å²) < 4.78 is 11.6. The van der Waals surface area contributed by atoms with Crippen molar-refractivity contribution in [3.8, 4) is 5.75 Å². The number of aromatic nitrogens is 1. The van der Waals surface area contributed by atoms with Gasteiger partial charge in [0.15, 0.2) is 5.13 Å². The number of ether oxygens (including phenoxy) is 2. The lowest BCUT2D eigenvalue weighted by molar-refractivity contribution is 0.0391. The van der Waals surface area contributed by atoms with Gasteiger partial charge in [-0.1, -0.05) is 29.0 Å². The molecule has 166 valence electrons. The Morgan fingerprint density at radius 3 is 2.58 bits per heavy atom. The van der Waals surface area contributed by atoms with Crippen LogP contribution in [0.25, 0.3) is 10.2 Å². The summed E-state index contributed by atoms with van der Waals surface area (Å²) in [5.74, 6) is 0.632. The molecule has 0 radical (unpaired) electrons. The van der Waals surface area contributed by atoms with Crippen LogP contribution in [0.15, 0.2) is 36.4 Å². The number of carbonyl (C=O) groups is 1. The van der Waals surface area contributed by atoms with Gasteiger partial charge in [-0.15, -0.1) is 12.4 Å². The van der Waals surface area contributed by atoms with E-state index in [1.165, 1.54) is 11.3 Å². The van der Waals surface area contributed by atoms with Crippen LogP contribution in [0.4, 0.5) is 5.13 Å². The summed E-state index contributed by atoms with van der Waals surface area (Å²) in [7, 11) is 1.61. The molecule has 0 spiro atoms. The van der Waals surface area contributed by atoms with Gasteiger partial charge >= 0.3 is 0 Å². The lowest BCUT2D eigenvalue weighted by Gasteiger charge is -2.29. The van der Waals surface area contributed by atoms with Gasteiger partial charge in [0.1, 0.15) is 5.75 Å². The molecular formula is C22H25Cl2N3O3S. The topological polar surface area (TPSA) is 54.9 Å². The molecule has 0 N–H and O–H groups in total. The molecular weight excluding hydrogens is 457 g/mol. The molecule has 1 aliphatic heterocycles. The Balaban J connectivity index is 0.00000272. The Labute approximate surface area is 197 Å². The van der Waals surface area contributed by atoms with Crippen LogP contribution in [0.5, 0.6) is 5.75 Å². The number of halogens is 2. The number of carbonyl (C=O) groups excluding carboxylic acids is 1. The smallest absolute Gasteiger partial charge is 0.260 e. The Hall–Kier alpha value is -1.90. The molecule has 9 heteroatoms. The summed E-state index contributed by atoms with van der Waals surface area (Å²) in [5.41, 5.74) is 2.49. The summed E-state index contributed by atoms with van der Waals surface area (Å²) in [6, 6.07) is 11.0. The molecule has 2 aromatic carbocycles. The molecule has 0 aliphatic carbocycles. The average molecular weight is 482 g/mol. The van der Waals surface area contributed by atoms with Crippen molar-refractivity contribution in [2.75, 3.05) is 51.4 Å². The van der Waals surface area contributed by atoms with E-state index < -0.39 is 0 Å². The third-order valence-electron chi connectivity index (χ3n) is 5.24. The second-order valence-electron chi connectivity index (χ2n) is 7.18. The van der Waals surface area contributed by atoms with E-state index in [-0.39, 0.29) is 18.3 Å². The van der Waals surface area contributed by atoms with Gasteiger partial charge in [-0.05, 0) is 42.8 Å². The maximum Gasteiger partial charge on any atom is 0.260 e. The number of nitrogens with zero attached hydrogens (tertiary/aromatic N) is 3. The zero-order valence-electron chi connectivity index (χ0n) is 17.5. The van der Waals surface area contributed by atoms with Crippen molar-refractivity contribution in [2.45, 2.75) is 6.92 Å². The van der Waals surface area contributed by atoms with Crippen LogP contribution in [0.3, 0.4) is 0 Å². The van der Waals surface area contributed by atoms with Gasteiger partial charge < -0.3 is 9.47 Å². The van der Waals surface area contributed by atoms with Crippen molar-refractivity contribution < 1.29 is 14.3 Å². The molecule has 0 unspecified atom stereocenters. The minimum atomic E-state index is -0.0845. The van der Waals surface area contributed by atoms with Crippen LogP contribution in [-0.2, 0) is 4.74 Å². The average Bonchev–Trinajstić information content (AvgIpc) is 3.24. The summed E-state index contributed by atoms with van der Waals surface area (Å²) in [5, 5.41) is 1.32. The third kappa shape index (κ3) is 5.30. The van der Waals surface area contributed by atoms with Gasteiger partial charge in [-0.3, -0.25) is 14.6 Å². The first-order valence-corrected chi connectivity index (χ1v) is 11.1. The lowest BCUT2D eigenvalue weighted by atomic mass is 10.2. The van der Waals surface area contributed by atoms with E-state index in [0.717, 1.165) is 48.6 Å². The monoisotopic (exact) mass is 481 g/mol. The summed E-state index contributed by atoms with van der Waals surface area (Å²) in [6.45, 7) is 6.50. The predicted octanol–water partition coefficient (Wildman–Crippen LogP) is 4.67. The van der Waals surface area contributed by atoms with E-state index in [1.807, 2.05) is 19.1 Å². The van der Waals surface area contributed by atoms with E-state index in [9.17, 15) is 4.79 Å². The van der Waals surface area contributed by atoms with Crippen molar-refractivity contribution in [1.82, 2.24) is 9.88 Å². The highest BCUT2D eigenvalue weighted by molar-refractivity contribution is 7.23. The number of aryl methyl sites for hydroxylation is 1. The molecule has 0 atom stereocenters. The van der Waals surface area contributed by atoms with Gasteiger partial charge in [-0.2, -0.15) is 0 Å². The number of benzene rings is 2. The van der Waals surface area contributed by atoms with Crippen LogP contribution in [0, 0.1) is 6.92 Å². The highest BCUT2D eigenvalue weighted by atomic mass is 35.5. The minimum Gasteiger partial charge on any atom is -0.497 e. The number of anilines is 1. The zero-order valence-corrected chi connectivity index (χ0v) is 19.9. The van der Waals surface area contributed by atoms with Crippen molar-refractivity contribution in [2.24, 2.45) is 0 Å². The predicted molar refractivity (Wildman–Crippen MR) is 129 cm³/mol. The molecule has 4 rings (SSSR count). The summed E-state index contributed by atoms with van der Waals surface area (Å²) in [4.78, 5) is 22.3. The summed E-state index contributed by atoms with van der Waals surface area (Å²) >= 11 is 7.86. The molecule has 1 fully saturated rings. The minimum absolute atomic E-state index is 0. The second kappa shape index (κ2) is 10.6. The van der Waals surface area contributed by atoms with Gasteiger partial charge in [0.25, 0.3) is 5.91 Å². The van der Waals surface area contributed by atoms with Crippen LogP contribution in [0.1, 0.15) is 15.9 Å². The Morgan fingerprint density at radius 2 is 1.94 bits per heavy atom. The van der Waals surface area contributed by atoms with Crippen LogP contribution < -0.4 is 9.64 Å². The quantitative estimate of drug-likeness (QED) is 0.511. The fraction of sp³-hybridized carbons (Fsp3) is 0.364. The Bertz CT molecular complexity index is 997. The van der Waals surface area contributed by atoms with E-state index in [0.29, 0.717) is 28.0 Å². The first-order chi connectivity index (χ1) is 14.6. The van der Waals surface area contributed by atoms with E-state index in [1.54, 1.807) is 36.3 Å². The molecule has 6 nitrogen and oxygen atoms in total. The fourth-order valence-electron chi connectivity index (χ4n) is 3.45. The number of morpholine rings is 1. The molecule has 31 heavy (non-hydrogen) atoms. The number of fused-ring (bicyclic) bond motifs is 1. The number of hydrogen-bond donors (Lipinski definition) is 0. The molecule has 0 saturated carbocycles. The van der Waals surface area contributed by atoms with Crippen LogP contribution in [0.2, 0.25) is 5.02 Å². The number of hydrogen-bond acceptors (Lipinski definition) is 6. The van der Waals surface area contributed by atoms with Gasteiger partial charge in [0.2, 0.25) is 0 Å². The Kier molecular flexibility index (Phi) is 8.13. The van der Waals surface area contributed by atoms with Gasteiger partial charge in [0.05, 0.1) is 35.6 Å². The highest BCUT2D eigenvalue weighted by Crippen LogP contribution is 2.36. The maximum atomic E-state index is 13.4. The van der Waals surface area contributed by atoms with Crippen LogP contribution >= 0.6 is 35.3 Å². The molecule has 3 aromatic rings. The first kappa shape index (κ1) is 23.8. The largest absolute Gasteiger partial charge is 0.497 e. The third-order valence-corrected chi connectivity index (χ3v) is 6.78. The van der Waals surface area contributed by atoms with Gasteiger partial charge in [-0.25, -0.2) is 4.98 Å². The number of amides is 1. The standard InChI is InChI=1S/C22H24ClN3O3S.ClH/c1-15-3-8-18(23)20-19(15)24-22(30-20)26(10-9-25-11-13-29-14-12-25)21(27)16-4-6-17(28-2)7-5-16;/h3-8H,9-14H2,1-2H3;1H. The number of methoxy groups -OCH3 is 1. The first-order valence-electron chi connectivity index (χ1n) is 9.88. The second-order valence-corrected chi connectivity index (χ2v) is 8.56. The van der Waals surface area contributed by atoms with Crippen LogP contribution in [-0.4, -0.2) is 62.3 Å². The van der Waals surface area contributed by atoms with E-state index >= 15 is 0 Å². The van der Waals surface area contributed by atoms with E-state index in [2.05, 4.69) is 4.90 Å². The Morgan fingerprint density at radius 1 is 1.23 bits per heavy atom. The SMILES string of the molecule is COc1ccc(C(=O)N(CCN2CCOCC2)c2nc3c(C)ccc(Cl)c3s2)cc1.Cl. The molecule has 1 saturated heterocycles. The number of rotatable bonds is 6. The molecule has 1 aromatic heterocycles. The normalized spacial score (nSPS) is 14.3. The van der Waals surface area contributed by atoms with Crippen molar-refractivity contribution in [3.63, 3.8) is 0 Å². The maximum absolute atomic E-state index is 13.4. The molecule has 0 bridgehead atoms. The van der Waals surface area contributed by atoms with Gasteiger partial charge in [0, 0.05) is 31.7 Å². The fourth-order valence-corrected chi connectivity index (χ4v) is 4.79.